The van der Waals surface area contributed by atoms with Gasteiger partial charge in [0, 0.05) is 44.7 Å². The number of hydrogen-bond acceptors (Lipinski definition) is 5. The van der Waals surface area contributed by atoms with Gasteiger partial charge in [0.2, 0.25) is 0 Å². The van der Waals surface area contributed by atoms with E-state index in [9.17, 15) is 14.7 Å². The molecule has 4 heterocycles. The fraction of sp³-hybridized carbons (Fsp3) is 0.667. The Hall–Kier alpha value is -1.44. The zero-order valence-corrected chi connectivity index (χ0v) is 15.0. The van der Waals surface area contributed by atoms with Crippen molar-refractivity contribution in [2.45, 2.75) is 25.3 Å². The maximum atomic E-state index is 12.5. The standard InChI is InChI=1S/C18H24N2O4S/c21-16(15-2-1-9-25-15)19-6-3-14(4-7-19)20-10-13-11-24-8-5-18(13,12-20)17(22)23/h1-2,9,13-14H,3-8,10-12H2,(H,22,23)/t13-,18+/m1/s1. The summed E-state index contributed by atoms with van der Waals surface area (Å²) in [6, 6.07) is 4.15. The molecule has 0 radical (unpaired) electrons. The van der Waals surface area contributed by atoms with Gasteiger partial charge in [-0.2, -0.15) is 0 Å². The molecule has 0 bridgehead atoms. The Morgan fingerprint density at radius 2 is 2.12 bits per heavy atom. The van der Waals surface area contributed by atoms with Crippen LogP contribution in [0.5, 0.6) is 0 Å². The third-order valence-electron chi connectivity index (χ3n) is 6.16. The second-order valence-corrected chi connectivity index (χ2v) is 8.36. The molecule has 3 saturated heterocycles. The quantitative estimate of drug-likeness (QED) is 0.885. The molecule has 1 aromatic rings. The molecule has 0 aliphatic carbocycles. The van der Waals surface area contributed by atoms with Gasteiger partial charge in [-0.15, -0.1) is 11.3 Å². The lowest BCUT2D eigenvalue weighted by Gasteiger charge is -2.37. The van der Waals surface area contributed by atoms with Crippen LogP contribution < -0.4 is 0 Å². The Balaban J connectivity index is 1.38. The van der Waals surface area contributed by atoms with E-state index in [1.807, 2.05) is 22.4 Å². The van der Waals surface area contributed by atoms with Gasteiger partial charge in [0.25, 0.3) is 5.91 Å². The van der Waals surface area contributed by atoms with Crippen molar-refractivity contribution < 1.29 is 19.4 Å². The van der Waals surface area contributed by atoms with E-state index in [-0.39, 0.29) is 11.8 Å². The number of carbonyl (C=O) groups is 2. The minimum Gasteiger partial charge on any atom is -0.481 e. The van der Waals surface area contributed by atoms with Gasteiger partial charge >= 0.3 is 5.97 Å². The average Bonchev–Trinajstić information content (AvgIpc) is 3.29. The van der Waals surface area contributed by atoms with Crippen molar-refractivity contribution in [3.05, 3.63) is 22.4 Å². The molecule has 0 saturated carbocycles. The molecule has 3 aliphatic rings. The molecule has 2 atom stereocenters. The number of aliphatic carboxylic acids is 1. The van der Waals surface area contributed by atoms with E-state index in [0.717, 1.165) is 37.4 Å². The van der Waals surface area contributed by atoms with E-state index in [1.54, 1.807) is 0 Å². The summed E-state index contributed by atoms with van der Waals surface area (Å²) in [6.07, 6.45) is 2.44. The number of piperidine rings is 1. The lowest BCUT2D eigenvalue weighted by atomic mass is 9.74. The smallest absolute Gasteiger partial charge is 0.311 e. The lowest BCUT2D eigenvalue weighted by molar-refractivity contribution is -0.157. The first-order valence-electron chi connectivity index (χ1n) is 8.98. The van der Waals surface area contributed by atoms with Crippen LogP contribution in [0.3, 0.4) is 0 Å². The fourth-order valence-corrected chi connectivity index (χ4v) is 5.30. The number of carbonyl (C=O) groups excluding carboxylic acids is 1. The number of rotatable bonds is 3. The molecular weight excluding hydrogens is 340 g/mol. The number of fused-ring (bicyclic) bond motifs is 1. The zero-order chi connectivity index (χ0) is 17.4. The van der Waals surface area contributed by atoms with Gasteiger partial charge in [-0.3, -0.25) is 14.5 Å². The number of ether oxygens (including phenoxy) is 1. The summed E-state index contributed by atoms with van der Waals surface area (Å²) in [5.41, 5.74) is -0.637. The molecule has 1 amide bonds. The van der Waals surface area contributed by atoms with E-state index in [4.69, 9.17) is 4.74 Å². The van der Waals surface area contributed by atoms with Crippen molar-refractivity contribution >= 4 is 23.2 Å². The highest BCUT2D eigenvalue weighted by atomic mass is 32.1. The molecule has 0 spiro atoms. The normalized spacial score (nSPS) is 31.0. The maximum absolute atomic E-state index is 12.5. The predicted octanol–water partition coefficient (Wildman–Crippen LogP) is 1.78. The van der Waals surface area contributed by atoms with Gasteiger partial charge in [-0.25, -0.2) is 0 Å². The summed E-state index contributed by atoms with van der Waals surface area (Å²) in [6.45, 7) is 4.02. The van der Waals surface area contributed by atoms with Gasteiger partial charge in [0.15, 0.2) is 0 Å². The van der Waals surface area contributed by atoms with E-state index < -0.39 is 11.4 Å². The largest absolute Gasteiger partial charge is 0.481 e. The minimum atomic E-state index is -0.673. The molecule has 25 heavy (non-hydrogen) atoms. The van der Waals surface area contributed by atoms with E-state index in [2.05, 4.69) is 4.90 Å². The van der Waals surface area contributed by atoms with Gasteiger partial charge in [0.1, 0.15) is 0 Å². The molecule has 6 nitrogen and oxygen atoms in total. The number of thiophene rings is 1. The summed E-state index contributed by atoms with van der Waals surface area (Å²) in [5.74, 6) is -0.461. The van der Waals surface area contributed by atoms with Crippen LogP contribution in [0.4, 0.5) is 0 Å². The summed E-state index contributed by atoms with van der Waals surface area (Å²) in [5, 5.41) is 11.7. The number of amides is 1. The van der Waals surface area contributed by atoms with Crippen LogP contribution >= 0.6 is 11.3 Å². The van der Waals surface area contributed by atoms with Gasteiger partial charge < -0.3 is 14.7 Å². The summed E-state index contributed by atoms with van der Waals surface area (Å²) in [4.78, 5) is 29.5. The highest BCUT2D eigenvalue weighted by Gasteiger charge is 2.54. The van der Waals surface area contributed by atoms with E-state index in [0.29, 0.717) is 32.2 Å². The third kappa shape index (κ3) is 2.98. The molecule has 1 N–H and O–H groups in total. The zero-order valence-electron chi connectivity index (χ0n) is 14.2. The van der Waals surface area contributed by atoms with Gasteiger partial charge in [-0.1, -0.05) is 6.07 Å². The van der Waals surface area contributed by atoms with Crippen molar-refractivity contribution in [3.63, 3.8) is 0 Å². The average molecular weight is 364 g/mol. The molecule has 0 unspecified atom stereocenters. The van der Waals surface area contributed by atoms with Crippen molar-refractivity contribution in [1.82, 2.24) is 9.80 Å². The molecular formula is C18H24N2O4S. The Labute approximate surface area is 151 Å². The van der Waals surface area contributed by atoms with Crippen molar-refractivity contribution in [1.29, 1.82) is 0 Å². The fourth-order valence-electron chi connectivity index (χ4n) is 4.61. The second kappa shape index (κ2) is 6.70. The Kier molecular flexibility index (Phi) is 4.56. The molecule has 4 rings (SSSR count). The number of carboxylic acid groups (broad SMARTS) is 1. The molecule has 7 heteroatoms. The number of carboxylic acids is 1. The maximum Gasteiger partial charge on any atom is 0.311 e. The third-order valence-corrected chi connectivity index (χ3v) is 7.02. The first kappa shape index (κ1) is 17.0. The van der Waals surface area contributed by atoms with Crippen molar-refractivity contribution in [2.75, 3.05) is 39.4 Å². The Bertz CT molecular complexity index is 642. The van der Waals surface area contributed by atoms with Crippen molar-refractivity contribution in [3.8, 4) is 0 Å². The van der Waals surface area contributed by atoms with Crippen LogP contribution in [0, 0.1) is 11.3 Å². The number of likely N-dealkylation sites (tertiary alicyclic amines) is 2. The number of nitrogens with zero attached hydrogens (tertiary/aromatic N) is 2. The summed E-state index contributed by atoms with van der Waals surface area (Å²) < 4.78 is 5.54. The van der Waals surface area contributed by atoms with E-state index >= 15 is 0 Å². The predicted molar refractivity (Wildman–Crippen MR) is 93.8 cm³/mol. The highest BCUT2D eigenvalue weighted by Crippen LogP contribution is 2.44. The topological polar surface area (TPSA) is 70.1 Å². The van der Waals surface area contributed by atoms with Crippen LogP contribution in [-0.4, -0.2) is 72.2 Å². The second-order valence-electron chi connectivity index (χ2n) is 7.41. The lowest BCUT2D eigenvalue weighted by Crippen LogP contribution is -2.47. The first-order chi connectivity index (χ1) is 12.1. The van der Waals surface area contributed by atoms with Crippen LogP contribution in [0.1, 0.15) is 28.9 Å². The van der Waals surface area contributed by atoms with Crippen LogP contribution in [0.2, 0.25) is 0 Å². The molecule has 1 aromatic heterocycles. The minimum absolute atomic E-state index is 0.0875. The SMILES string of the molecule is O=C(c1cccs1)N1CCC(N2C[C@@H]3COCC[C@]3(C(=O)O)C2)CC1. The van der Waals surface area contributed by atoms with Crippen LogP contribution in [0.15, 0.2) is 17.5 Å². The van der Waals surface area contributed by atoms with Crippen LogP contribution in [-0.2, 0) is 9.53 Å². The van der Waals surface area contributed by atoms with Gasteiger partial charge in [-0.05, 0) is 30.7 Å². The first-order valence-corrected chi connectivity index (χ1v) is 9.86. The van der Waals surface area contributed by atoms with E-state index in [1.165, 1.54) is 11.3 Å². The van der Waals surface area contributed by atoms with Crippen molar-refractivity contribution in [2.24, 2.45) is 11.3 Å². The highest BCUT2D eigenvalue weighted by molar-refractivity contribution is 7.12. The Morgan fingerprint density at radius 3 is 2.76 bits per heavy atom. The summed E-state index contributed by atoms with van der Waals surface area (Å²) in [7, 11) is 0. The number of hydrogen-bond donors (Lipinski definition) is 1. The van der Waals surface area contributed by atoms with Crippen LogP contribution in [0.25, 0.3) is 0 Å². The summed E-state index contributed by atoms with van der Waals surface area (Å²) >= 11 is 1.49. The van der Waals surface area contributed by atoms with Gasteiger partial charge in [0.05, 0.1) is 16.9 Å². The molecule has 3 fully saturated rings. The Morgan fingerprint density at radius 1 is 1.32 bits per heavy atom. The molecule has 0 aromatic carbocycles. The molecule has 3 aliphatic heterocycles. The molecule has 136 valence electrons. The monoisotopic (exact) mass is 364 g/mol.